The molecule has 2 rings (SSSR count). The average Bonchev–Trinajstić information content (AvgIpc) is 2.48. The lowest BCUT2D eigenvalue weighted by Gasteiger charge is -2.27. The van der Waals surface area contributed by atoms with Crippen LogP contribution >= 0.6 is 0 Å². The van der Waals surface area contributed by atoms with Crippen molar-refractivity contribution in [3.05, 3.63) is 40.2 Å². The van der Waals surface area contributed by atoms with Crippen molar-refractivity contribution in [1.29, 1.82) is 0 Å². The van der Waals surface area contributed by atoms with E-state index in [4.69, 9.17) is 10.2 Å². The van der Waals surface area contributed by atoms with Crippen LogP contribution < -0.4 is 16.3 Å². The SMILES string of the molecule is CCC(CC)(C(N)=O)c1cc2ccc(N(C)C)cc2oc1=O. The van der Waals surface area contributed by atoms with Crippen molar-refractivity contribution in [2.75, 3.05) is 19.0 Å². The summed E-state index contributed by atoms with van der Waals surface area (Å²) in [6, 6.07) is 7.37. The van der Waals surface area contributed by atoms with Gasteiger partial charge in [-0.15, -0.1) is 0 Å². The number of amides is 1. The molecular formula is C17H22N2O3. The van der Waals surface area contributed by atoms with E-state index < -0.39 is 16.9 Å². The van der Waals surface area contributed by atoms with Crippen molar-refractivity contribution in [2.45, 2.75) is 32.1 Å². The number of carbonyl (C=O) groups excluding carboxylic acids is 1. The Kier molecular flexibility index (Phi) is 4.26. The second-order valence-corrected chi connectivity index (χ2v) is 5.72. The second-order valence-electron chi connectivity index (χ2n) is 5.72. The van der Waals surface area contributed by atoms with Gasteiger partial charge in [0.1, 0.15) is 5.58 Å². The van der Waals surface area contributed by atoms with E-state index in [1.165, 1.54) is 0 Å². The monoisotopic (exact) mass is 302 g/mol. The standard InChI is InChI=1S/C17H22N2O3/c1-5-17(6-2,16(18)21)13-9-11-7-8-12(19(3)4)10-14(11)22-15(13)20/h7-10H,5-6H2,1-4H3,(H2,18,21). The van der Waals surface area contributed by atoms with Crippen LogP contribution in [-0.4, -0.2) is 20.0 Å². The summed E-state index contributed by atoms with van der Waals surface area (Å²) in [6.07, 6.45) is 0.926. The van der Waals surface area contributed by atoms with Gasteiger partial charge in [0.25, 0.3) is 0 Å². The Bertz CT molecular complexity index is 758. The topological polar surface area (TPSA) is 76.5 Å². The maximum absolute atomic E-state index is 12.4. The van der Waals surface area contributed by atoms with E-state index in [0.717, 1.165) is 11.1 Å². The van der Waals surface area contributed by atoms with Crippen LogP contribution in [0.2, 0.25) is 0 Å². The normalized spacial score (nSPS) is 11.6. The number of fused-ring (bicyclic) bond motifs is 1. The van der Waals surface area contributed by atoms with Gasteiger partial charge in [0.2, 0.25) is 5.91 Å². The predicted molar refractivity (Wildman–Crippen MR) is 88.3 cm³/mol. The zero-order valence-corrected chi connectivity index (χ0v) is 13.5. The van der Waals surface area contributed by atoms with Crippen LogP contribution in [0.5, 0.6) is 0 Å². The maximum atomic E-state index is 12.4. The van der Waals surface area contributed by atoms with Gasteiger partial charge in [-0.2, -0.15) is 0 Å². The summed E-state index contributed by atoms with van der Waals surface area (Å²) in [5, 5.41) is 0.785. The van der Waals surface area contributed by atoms with Crippen molar-refractivity contribution in [1.82, 2.24) is 0 Å². The van der Waals surface area contributed by atoms with Gasteiger partial charge >= 0.3 is 5.63 Å². The lowest BCUT2D eigenvalue weighted by molar-refractivity contribution is -0.123. The number of benzene rings is 1. The van der Waals surface area contributed by atoms with Crippen molar-refractivity contribution < 1.29 is 9.21 Å². The fourth-order valence-corrected chi connectivity index (χ4v) is 2.82. The van der Waals surface area contributed by atoms with Gasteiger partial charge < -0.3 is 15.1 Å². The first-order valence-electron chi connectivity index (χ1n) is 7.41. The molecule has 0 unspecified atom stereocenters. The quantitative estimate of drug-likeness (QED) is 0.860. The van der Waals surface area contributed by atoms with Crippen molar-refractivity contribution in [3.8, 4) is 0 Å². The number of carbonyl (C=O) groups is 1. The largest absolute Gasteiger partial charge is 0.422 e. The molecule has 0 bridgehead atoms. The molecule has 0 saturated carbocycles. The molecule has 0 atom stereocenters. The molecule has 0 fully saturated rings. The highest BCUT2D eigenvalue weighted by molar-refractivity contribution is 5.88. The van der Waals surface area contributed by atoms with Gasteiger partial charge in [0, 0.05) is 31.2 Å². The molecule has 5 heteroatoms. The molecule has 0 aliphatic heterocycles. The number of anilines is 1. The zero-order valence-electron chi connectivity index (χ0n) is 13.5. The van der Waals surface area contributed by atoms with Gasteiger partial charge in [0.05, 0.1) is 11.0 Å². The van der Waals surface area contributed by atoms with Gasteiger partial charge in [-0.1, -0.05) is 13.8 Å². The van der Waals surface area contributed by atoms with Gasteiger partial charge in [0.15, 0.2) is 0 Å². The second kappa shape index (κ2) is 5.83. The predicted octanol–water partition coefficient (Wildman–Crippen LogP) is 2.40. The Hall–Kier alpha value is -2.30. The number of rotatable bonds is 5. The summed E-state index contributed by atoms with van der Waals surface area (Å²) in [6.45, 7) is 3.71. The summed E-state index contributed by atoms with van der Waals surface area (Å²) in [5.74, 6) is -0.492. The van der Waals surface area contributed by atoms with Crippen LogP contribution in [0.3, 0.4) is 0 Å². The van der Waals surface area contributed by atoms with Crippen LogP contribution in [0.15, 0.2) is 33.5 Å². The number of nitrogens with two attached hydrogens (primary N) is 1. The first kappa shape index (κ1) is 16.1. The Balaban J connectivity index is 2.72. The van der Waals surface area contributed by atoms with Crippen LogP contribution in [-0.2, 0) is 10.2 Å². The fraction of sp³-hybridized carbons (Fsp3) is 0.412. The lowest BCUT2D eigenvalue weighted by atomic mass is 9.75. The first-order valence-corrected chi connectivity index (χ1v) is 7.41. The number of hydrogen-bond donors (Lipinski definition) is 1. The molecule has 1 aromatic carbocycles. The number of primary amides is 1. The molecule has 1 amide bonds. The molecular weight excluding hydrogens is 280 g/mol. The Morgan fingerprint density at radius 1 is 1.23 bits per heavy atom. The minimum absolute atomic E-state index is 0.343. The number of nitrogens with zero attached hydrogens (tertiary/aromatic N) is 1. The smallest absolute Gasteiger partial charge is 0.340 e. The van der Waals surface area contributed by atoms with Crippen molar-refractivity contribution >= 4 is 22.6 Å². The molecule has 2 aromatic rings. The van der Waals surface area contributed by atoms with Crippen LogP contribution in [0.4, 0.5) is 5.69 Å². The molecule has 0 aliphatic rings. The molecule has 1 aromatic heterocycles. The molecule has 0 aliphatic carbocycles. The van der Waals surface area contributed by atoms with E-state index in [-0.39, 0.29) is 0 Å². The lowest BCUT2D eigenvalue weighted by Crippen LogP contribution is -2.43. The maximum Gasteiger partial charge on any atom is 0.340 e. The zero-order chi connectivity index (χ0) is 16.5. The fourth-order valence-electron chi connectivity index (χ4n) is 2.82. The molecule has 5 nitrogen and oxygen atoms in total. The number of hydrogen-bond acceptors (Lipinski definition) is 4. The third kappa shape index (κ3) is 2.47. The molecule has 2 N–H and O–H groups in total. The van der Waals surface area contributed by atoms with Gasteiger partial charge in [-0.05, 0) is 31.0 Å². The Morgan fingerprint density at radius 3 is 2.36 bits per heavy atom. The summed E-state index contributed by atoms with van der Waals surface area (Å²) in [4.78, 5) is 26.3. The molecule has 0 spiro atoms. The molecule has 0 radical (unpaired) electrons. The van der Waals surface area contributed by atoms with Crippen molar-refractivity contribution in [3.63, 3.8) is 0 Å². The van der Waals surface area contributed by atoms with Crippen LogP contribution in [0.25, 0.3) is 11.0 Å². The van der Waals surface area contributed by atoms with E-state index in [0.29, 0.717) is 24.0 Å². The highest BCUT2D eigenvalue weighted by Crippen LogP contribution is 2.31. The minimum Gasteiger partial charge on any atom is -0.422 e. The third-order valence-corrected chi connectivity index (χ3v) is 4.43. The summed E-state index contributed by atoms with van der Waals surface area (Å²) in [5.41, 5.74) is 5.89. The minimum atomic E-state index is -0.977. The third-order valence-electron chi connectivity index (χ3n) is 4.43. The van der Waals surface area contributed by atoms with E-state index in [1.807, 2.05) is 51.0 Å². The van der Waals surface area contributed by atoms with Gasteiger partial charge in [-0.3, -0.25) is 4.79 Å². The summed E-state index contributed by atoms with van der Waals surface area (Å²) < 4.78 is 5.45. The Labute approximate surface area is 129 Å². The summed E-state index contributed by atoms with van der Waals surface area (Å²) in [7, 11) is 3.83. The molecule has 118 valence electrons. The van der Waals surface area contributed by atoms with E-state index in [2.05, 4.69) is 0 Å². The highest BCUT2D eigenvalue weighted by atomic mass is 16.4. The first-order chi connectivity index (χ1) is 10.4. The average molecular weight is 302 g/mol. The van der Waals surface area contributed by atoms with Gasteiger partial charge in [-0.25, -0.2) is 4.79 Å². The van der Waals surface area contributed by atoms with E-state index in [9.17, 15) is 9.59 Å². The van der Waals surface area contributed by atoms with Crippen molar-refractivity contribution in [2.24, 2.45) is 5.73 Å². The summed E-state index contributed by atoms with van der Waals surface area (Å²) >= 11 is 0. The molecule has 22 heavy (non-hydrogen) atoms. The molecule has 0 saturated heterocycles. The van der Waals surface area contributed by atoms with Crippen LogP contribution in [0, 0.1) is 0 Å². The van der Waals surface area contributed by atoms with E-state index >= 15 is 0 Å². The molecule has 1 heterocycles. The highest BCUT2D eigenvalue weighted by Gasteiger charge is 2.38. The van der Waals surface area contributed by atoms with Crippen LogP contribution in [0.1, 0.15) is 32.3 Å². The Morgan fingerprint density at radius 2 is 1.86 bits per heavy atom. The van der Waals surface area contributed by atoms with E-state index in [1.54, 1.807) is 6.07 Å².